The van der Waals surface area contributed by atoms with Gasteiger partial charge in [-0.15, -0.1) is 0 Å². The molecule has 0 saturated carbocycles. The molecule has 0 amide bonds. The molecule has 0 atom stereocenters. The minimum atomic E-state index is -3.65. The SMILES string of the molecule is CCOC(=O)c1ccccc1NS(=O)(=O)N(C)C. The van der Waals surface area contributed by atoms with Crippen LogP contribution in [0.15, 0.2) is 24.3 Å². The molecule has 1 rings (SSSR count). The summed E-state index contributed by atoms with van der Waals surface area (Å²) in [4.78, 5) is 11.7. The van der Waals surface area contributed by atoms with Crippen molar-refractivity contribution in [1.82, 2.24) is 4.31 Å². The Morgan fingerprint density at radius 3 is 2.50 bits per heavy atom. The normalized spacial score (nSPS) is 11.3. The first-order chi connectivity index (χ1) is 8.38. The number of anilines is 1. The van der Waals surface area contributed by atoms with Gasteiger partial charge in [0.15, 0.2) is 0 Å². The van der Waals surface area contributed by atoms with Crippen LogP contribution in [0.5, 0.6) is 0 Å². The monoisotopic (exact) mass is 272 g/mol. The minimum Gasteiger partial charge on any atom is -0.462 e. The van der Waals surface area contributed by atoms with E-state index in [-0.39, 0.29) is 17.9 Å². The summed E-state index contributed by atoms with van der Waals surface area (Å²) >= 11 is 0. The molecular weight excluding hydrogens is 256 g/mol. The summed E-state index contributed by atoms with van der Waals surface area (Å²) in [6.07, 6.45) is 0. The Balaban J connectivity index is 3.07. The molecule has 0 fully saturated rings. The highest BCUT2D eigenvalue weighted by atomic mass is 32.2. The Morgan fingerprint density at radius 2 is 1.94 bits per heavy atom. The molecular formula is C11H16N2O4S. The molecule has 1 aromatic rings. The lowest BCUT2D eigenvalue weighted by atomic mass is 10.2. The Hall–Kier alpha value is -1.60. The van der Waals surface area contributed by atoms with E-state index in [1.54, 1.807) is 19.1 Å². The van der Waals surface area contributed by atoms with Crippen molar-refractivity contribution in [3.8, 4) is 0 Å². The predicted octanol–water partition coefficient (Wildman–Crippen LogP) is 1.08. The van der Waals surface area contributed by atoms with Crippen molar-refractivity contribution in [2.75, 3.05) is 25.4 Å². The molecule has 100 valence electrons. The summed E-state index contributed by atoms with van der Waals surface area (Å²) in [7, 11) is -0.850. The van der Waals surface area contributed by atoms with Crippen LogP contribution in [-0.2, 0) is 14.9 Å². The molecule has 0 radical (unpaired) electrons. The van der Waals surface area contributed by atoms with Gasteiger partial charge in [-0.05, 0) is 19.1 Å². The third kappa shape index (κ3) is 3.44. The van der Waals surface area contributed by atoms with Gasteiger partial charge in [0.25, 0.3) is 0 Å². The van der Waals surface area contributed by atoms with Crippen LogP contribution in [0.4, 0.5) is 5.69 Å². The van der Waals surface area contributed by atoms with Gasteiger partial charge < -0.3 is 4.74 Å². The van der Waals surface area contributed by atoms with E-state index in [0.717, 1.165) is 4.31 Å². The maximum absolute atomic E-state index is 11.7. The summed E-state index contributed by atoms with van der Waals surface area (Å²) in [5.74, 6) is -0.561. The molecule has 0 spiro atoms. The van der Waals surface area contributed by atoms with Crippen molar-refractivity contribution in [3.05, 3.63) is 29.8 Å². The third-order valence-electron chi connectivity index (χ3n) is 2.14. The van der Waals surface area contributed by atoms with Crippen molar-refractivity contribution in [2.45, 2.75) is 6.92 Å². The number of ether oxygens (including phenoxy) is 1. The highest BCUT2D eigenvalue weighted by molar-refractivity contribution is 7.90. The van der Waals surface area contributed by atoms with Crippen LogP contribution in [-0.4, -0.2) is 39.4 Å². The van der Waals surface area contributed by atoms with Crippen LogP contribution < -0.4 is 4.72 Å². The van der Waals surface area contributed by atoms with Gasteiger partial charge in [-0.3, -0.25) is 4.72 Å². The summed E-state index contributed by atoms with van der Waals surface area (Å²) in [5.41, 5.74) is 0.384. The van der Waals surface area contributed by atoms with Gasteiger partial charge in [0, 0.05) is 14.1 Å². The molecule has 0 aliphatic rings. The first kappa shape index (κ1) is 14.5. The maximum atomic E-state index is 11.7. The van der Waals surface area contributed by atoms with E-state index >= 15 is 0 Å². The number of nitrogens with one attached hydrogen (secondary N) is 1. The molecule has 18 heavy (non-hydrogen) atoms. The highest BCUT2D eigenvalue weighted by Crippen LogP contribution is 2.18. The fraction of sp³-hybridized carbons (Fsp3) is 0.364. The molecule has 0 heterocycles. The maximum Gasteiger partial charge on any atom is 0.340 e. The fourth-order valence-electron chi connectivity index (χ4n) is 1.19. The Labute approximate surface area is 107 Å². The molecule has 0 bridgehead atoms. The van der Waals surface area contributed by atoms with Crippen molar-refractivity contribution in [1.29, 1.82) is 0 Å². The van der Waals surface area contributed by atoms with Crippen molar-refractivity contribution < 1.29 is 17.9 Å². The standard InChI is InChI=1S/C11H16N2O4S/c1-4-17-11(14)9-7-5-6-8-10(9)12-18(15,16)13(2)3/h5-8,12H,4H2,1-3H3. The number of carbonyl (C=O) groups is 1. The van der Waals surface area contributed by atoms with E-state index in [1.807, 2.05) is 0 Å². The predicted molar refractivity (Wildman–Crippen MR) is 68.6 cm³/mol. The number of hydrogen-bond acceptors (Lipinski definition) is 4. The second kappa shape index (κ2) is 5.83. The van der Waals surface area contributed by atoms with Gasteiger partial charge in [-0.1, -0.05) is 12.1 Å². The summed E-state index contributed by atoms with van der Waals surface area (Å²) < 4.78 is 31.6. The number of rotatable bonds is 5. The van der Waals surface area contributed by atoms with Crippen LogP contribution in [0.2, 0.25) is 0 Å². The smallest absolute Gasteiger partial charge is 0.340 e. The molecule has 0 aliphatic heterocycles. The lowest BCUT2D eigenvalue weighted by molar-refractivity contribution is 0.0527. The van der Waals surface area contributed by atoms with Gasteiger partial charge in [-0.25, -0.2) is 4.79 Å². The van der Waals surface area contributed by atoms with Crippen LogP contribution in [0.3, 0.4) is 0 Å². The number of carbonyl (C=O) groups excluding carboxylic acids is 1. The quantitative estimate of drug-likeness (QED) is 0.814. The van der Waals surface area contributed by atoms with Gasteiger partial charge in [0.1, 0.15) is 0 Å². The first-order valence-corrected chi connectivity index (χ1v) is 6.79. The lowest BCUT2D eigenvalue weighted by Gasteiger charge is -2.15. The van der Waals surface area contributed by atoms with Crippen molar-refractivity contribution >= 4 is 21.9 Å². The number of benzene rings is 1. The molecule has 1 N–H and O–H groups in total. The molecule has 0 aromatic heterocycles. The molecule has 0 saturated heterocycles. The van der Waals surface area contributed by atoms with Crippen LogP contribution in [0, 0.1) is 0 Å². The Bertz CT molecular complexity index is 526. The zero-order valence-electron chi connectivity index (χ0n) is 10.5. The van der Waals surface area contributed by atoms with E-state index in [0.29, 0.717) is 0 Å². The second-order valence-electron chi connectivity index (χ2n) is 3.66. The summed E-state index contributed by atoms with van der Waals surface area (Å²) in [6, 6.07) is 6.29. The number of hydrogen-bond donors (Lipinski definition) is 1. The molecule has 6 nitrogen and oxygen atoms in total. The third-order valence-corrected chi connectivity index (χ3v) is 3.58. The summed E-state index contributed by atoms with van der Waals surface area (Å²) in [6.45, 7) is 1.91. The highest BCUT2D eigenvalue weighted by Gasteiger charge is 2.18. The molecule has 0 unspecified atom stereocenters. The fourth-order valence-corrected chi connectivity index (χ4v) is 1.83. The minimum absolute atomic E-state index is 0.185. The van der Waals surface area contributed by atoms with Crippen LogP contribution in [0.25, 0.3) is 0 Å². The van der Waals surface area contributed by atoms with E-state index < -0.39 is 16.2 Å². The van der Waals surface area contributed by atoms with E-state index in [9.17, 15) is 13.2 Å². The van der Waals surface area contributed by atoms with Crippen molar-refractivity contribution in [3.63, 3.8) is 0 Å². The topological polar surface area (TPSA) is 75.7 Å². The Kier molecular flexibility index (Phi) is 4.69. The summed E-state index contributed by atoms with van der Waals surface area (Å²) in [5, 5.41) is 0. The lowest BCUT2D eigenvalue weighted by Crippen LogP contribution is -2.29. The zero-order chi connectivity index (χ0) is 13.8. The van der Waals surface area contributed by atoms with Gasteiger partial charge in [0.05, 0.1) is 17.9 Å². The van der Waals surface area contributed by atoms with Crippen LogP contribution in [0.1, 0.15) is 17.3 Å². The average molecular weight is 272 g/mol. The number of nitrogens with zero attached hydrogens (tertiary/aromatic N) is 1. The second-order valence-corrected chi connectivity index (χ2v) is 5.54. The Morgan fingerprint density at radius 1 is 1.33 bits per heavy atom. The zero-order valence-corrected chi connectivity index (χ0v) is 11.3. The number of para-hydroxylation sites is 1. The number of esters is 1. The molecule has 7 heteroatoms. The molecule has 0 aliphatic carbocycles. The van der Waals surface area contributed by atoms with Crippen LogP contribution >= 0.6 is 0 Å². The van der Waals surface area contributed by atoms with E-state index in [2.05, 4.69) is 4.72 Å². The van der Waals surface area contributed by atoms with Gasteiger partial charge in [-0.2, -0.15) is 12.7 Å². The van der Waals surface area contributed by atoms with E-state index in [4.69, 9.17) is 4.74 Å². The first-order valence-electron chi connectivity index (χ1n) is 5.35. The van der Waals surface area contributed by atoms with E-state index in [1.165, 1.54) is 26.2 Å². The largest absolute Gasteiger partial charge is 0.462 e. The van der Waals surface area contributed by atoms with Gasteiger partial charge in [0.2, 0.25) is 0 Å². The average Bonchev–Trinajstić information content (AvgIpc) is 2.29. The molecule has 1 aromatic carbocycles. The van der Waals surface area contributed by atoms with Gasteiger partial charge >= 0.3 is 16.2 Å². The van der Waals surface area contributed by atoms with Crippen molar-refractivity contribution in [2.24, 2.45) is 0 Å².